The van der Waals surface area contributed by atoms with Crippen LogP contribution in [0.15, 0.2) is 24.3 Å². The van der Waals surface area contributed by atoms with Gasteiger partial charge in [0.1, 0.15) is 6.04 Å². The van der Waals surface area contributed by atoms with Crippen LogP contribution in [0.4, 0.5) is 10.5 Å². The number of hydrogen-bond acceptors (Lipinski definition) is 3. The first-order chi connectivity index (χ1) is 9.85. The van der Waals surface area contributed by atoms with Crippen LogP contribution in [-0.4, -0.2) is 40.8 Å². The average Bonchev–Trinajstić information content (AvgIpc) is 2.38. The molecule has 0 heterocycles. The molecule has 7 heteroatoms. The standard InChI is InChI=1S/C14H18N2O5/c1-3-16(10-6-4-5-9(2)7-10)14(21)15-11(13(19)20)8-12(17)18/h4-7,11H,3,8H2,1-2H3,(H,15,21)(H,17,18)(H,19,20)/t11-/m1/s1. The molecule has 0 aromatic heterocycles. The number of carboxylic acids is 2. The summed E-state index contributed by atoms with van der Waals surface area (Å²) in [6, 6.07) is 5.07. The summed E-state index contributed by atoms with van der Waals surface area (Å²) in [4.78, 5) is 35.1. The smallest absolute Gasteiger partial charge is 0.326 e. The van der Waals surface area contributed by atoms with Crippen molar-refractivity contribution in [1.82, 2.24) is 5.32 Å². The quantitative estimate of drug-likeness (QED) is 0.736. The maximum absolute atomic E-state index is 12.1. The zero-order valence-electron chi connectivity index (χ0n) is 11.9. The monoisotopic (exact) mass is 294 g/mol. The summed E-state index contributed by atoms with van der Waals surface area (Å²) in [5, 5.41) is 19.8. The Labute approximate surface area is 122 Å². The highest BCUT2D eigenvalue weighted by Crippen LogP contribution is 2.16. The van der Waals surface area contributed by atoms with E-state index < -0.39 is 30.4 Å². The first kappa shape index (κ1) is 16.5. The predicted octanol–water partition coefficient (Wildman–Crippen LogP) is 1.46. The van der Waals surface area contributed by atoms with Crippen molar-refractivity contribution >= 4 is 23.7 Å². The molecule has 0 spiro atoms. The van der Waals surface area contributed by atoms with Crippen LogP contribution < -0.4 is 10.2 Å². The second-order valence-electron chi connectivity index (χ2n) is 4.52. The molecule has 21 heavy (non-hydrogen) atoms. The number of nitrogens with zero attached hydrogens (tertiary/aromatic N) is 1. The van der Waals surface area contributed by atoms with E-state index in [1.54, 1.807) is 25.1 Å². The lowest BCUT2D eigenvalue weighted by atomic mass is 10.2. The topological polar surface area (TPSA) is 107 Å². The van der Waals surface area contributed by atoms with Gasteiger partial charge >= 0.3 is 18.0 Å². The summed E-state index contributed by atoms with van der Waals surface area (Å²) in [7, 11) is 0. The minimum atomic E-state index is -1.46. The van der Waals surface area contributed by atoms with Gasteiger partial charge in [0.05, 0.1) is 6.42 Å². The number of carbonyl (C=O) groups is 3. The Morgan fingerprint density at radius 1 is 1.29 bits per heavy atom. The third-order valence-electron chi connectivity index (χ3n) is 2.85. The van der Waals surface area contributed by atoms with Crippen LogP contribution in [-0.2, 0) is 9.59 Å². The number of aryl methyl sites for hydroxylation is 1. The molecule has 0 aliphatic carbocycles. The van der Waals surface area contributed by atoms with Gasteiger partial charge in [0.2, 0.25) is 0 Å². The number of benzene rings is 1. The van der Waals surface area contributed by atoms with E-state index in [1.807, 2.05) is 13.0 Å². The van der Waals surface area contributed by atoms with E-state index in [4.69, 9.17) is 10.2 Å². The molecule has 0 fully saturated rings. The Morgan fingerprint density at radius 3 is 2.43 bits per heavy atom. The summed E-state index contributed by atoms with van der Waals surface area (Å²) in [5.74, 6) is -2.67. The third kappa shape index (κ3) is 4.79. The molecule has 0 saturated heterocycles. The molecule has 0 unspecified atom stereocenters. The van der Waals surface area contributed by atoms with E-state index in [9.17, 15) is 14.4 Å². The van der Waals surface area contributed by atoms with E-state index in [0.29, 0.717) is 12.2 Å². The van der Waals surface area contributed by atoms with Gasteiger partial charge in [-0.15, -0.1) is 0 Å². The second kappa shape index (κ2) is 7.28. The van der Waals surface area contributed by atoms with Crippen molar-refractivity contribution in [3.8, 4) is 0 Å². The average molecular weight is 294 g/mol. The lowest BCUT2D eigenvalue weighted by Gasteiger charge is -2.23. The van der Waals surface area contributed by atoms with Gasteiger partial charge in [0, 0.05) is 12.2 Å². The molecule has 0 aliphatic rings. The van der Waals surface area contributed by atoms with Crippen LogP contribution in [0.1, 0.15) is 18.9 Å². The number of hydrogen-bond donors (Lipinski definition) is 3. The van der Waals surface area contributed by atoms with Crippen molar-refractivity contribution in [3.63, 3.8) is 0 Å². The minimum absolute atomic E-state index is 0.328. The van der Waals surface area contributed by atoms with Gasteiger partial charge in [0.15, 0.2) is 0 Å². The summed E-state index contributed by atoms with van der Waals surface area (Å²) in [6.07, 6.45) is -0.674. The molecular weight excluding hydrogens is 276 g/mol. The lowest BCUT2D eigenvalue weighted by Crippen LogP contribution is -2.49. The molecule has 2 amide bonds. The molecule has 1 atom stereocenters. The highest BCUT2D eigenvalue weighted by Gasteiger charge is 2.25. The van der Waals surface area contributed by atoms with E-state index in [2.05, 4.69) is 5.32 Å². The maximum Gasteiger partial charge on any atom is 0.326 e. The predicted molar refractivity (Wildman–Crippen MR) is 76.4 cm³/mol. The Bertz CT molecular complexity index is 544. The molecule has 0 aliphatic heterocycles. The molecule has 0 radical (unpaired) electrons. The van der Waals surface area contributed by atoms with Crippen molar-refractivity contribution < 1.29 is 24.6 Å². The molecule has 0 saturated carbocycles. The summed E-state index contributed by atoms with van der Waals surface area (Å²) in [5.41, 5.74) is 1.58. The first-order valence-electron chi connectivity index (χ1n) is 6.44. The largest absolute Gasteiger partial charge is 0.481 e. The van der Waals surface area contributed by atoms with Crippen LogP contribution in [0.25, 0.3) is 0 Å². The van der Waals surface area contributed by atoms with E-state index in [-0.39, 0.29) is 0 Å². The number of anilines is 1. The highest BCUT2D eigenvalue weighted by atomic mass is 16.4. The Morgan fingerprint density at radius 2 is 1.95 bits per heavy atom. The van der Waals surface area contributed by atoms with Gasteiger partial charge in [-0.05, 0) is 31.5 Å². The molecule has 1 aromatic carbocycles. The van der Waals surface area contributed by atoms with E-state index in [1.165, 1.54) is 4.90 Å². The van der Waals surface area contributed by atoms with Gasteiger partial charge in [0.25, 0.3) is 0 Å². The zero-order chi connectivity index (χ0) is 16.0. The highest BCUT2D eigenvalue weighted by molar-refractivity contribution is 5.95. The molecule has 0 bridgehead atoms. The second-order valence-corrected chi connectivity index (χ2v) is 4.52. The van der Waals surface area contributed by atoms with Crippen molar-refractivity contribution in [2.24, 2.45) is 0 Å². The minimum Gasteiger partial charge on any atom is -0.481 e. The first-order valence-corrected chi connectivity index (χ1v) is 6.44. The Balaban J connectivity index is 2.88. The number of carboxylic acid groups (broad SMARTS) is 2. The van der Waals surface area contributed by atoms with Crippen molar-refractivity contribution in [2.75, 3.05) is 11.4 Å². The maximum atomic E-state index is 12.1. The number of amides is 2. The fraction of sp³-hybridized carbons (Fsp3) is 0.357. The number of carbonyl (C=O) groups excluding carboxylic acids is 1. The molecule has 7 nitrogen and oxygen atoms in total. The van der Waals surface area contributed by atoms with Crippen LogP contribution in [0.5, 0.6) is 0 Å². The van der Waals surface area contributed by atoms with Gasteiger partial charge in [-0.3, -0.25) is 9.69 Å². The van der Waals surface area contributed by atoms with Crippen LogP contribution in [0, 0.1) is 6.92 Å². The summed E-state index contributed by atoms with van der Waals surface area (Å²) < 4.78 is 0. The SMILES string of the molecule is CCN(C(=O)N[C@H](CC(=O)O)C(=O)O)c1cccc(C)c1. The molecule has 1 aromatic rings. The van der Waals surface area contributed by atoms with E-state index in [0.717, 1.165) is 5.56 Å². The number of aliphatic carboxylic acids is 2. The van der Waals surface area contributed by atoms with Crippen molar-refractivity contribution in [2.45, 2.75) is 26.3 Å². The van der Waals surface area contributed by atoms with Crippen LogP contribution in [0.3, 0.4) is 0 Å². The Kier molecular flexibility index (Phi) is 5.71. The number of rotatable bonds is 6. The number of urea groups is 1. The van der Waals surface area contributed by atoms with E-state index >= 15 is 0 Å². The van der Waals surface area contributed by atoms with Crippen molar-refractivity contribution in [1.29, 1.82) is 0 Å². The molecular formula is C14H18N2O5. The summed E-state index contributed by atoms with van der Waals surface area (Å²) in [6.45, 7) is 3.95. The van der Waals surface area contributed by atoms with Gasteiger partial charge in [-0.2, -0.15) is 0 Å². The number of nitrogens with one attached hydrogen (secondary N) is 1. The van der Waals surface area contributed by atoms with Gasteiger partial charge in [-0.1, -0.05) is 12.1 Å². The lowest BCUT2D eigenvalue weighted by molar-refractivity contribution is -0.145. The molecule has 3 N–H and O–H groups in total. The van der Waals surface area contributed by atoms with Crippen molar-refractivity contribution in [3.05, 3.63) is 29.8 Å². The zero-order valence-corrected chi connectivity index (χ0v) is 11.9. The Hall–Kier alpha value is -2.57. The molecule has 1 rings (SSSR count). The molecule has 114 valence electrons. The third-order valence-corrected chi connectivity index (χ3v) is 2.85. The van der Waals surface area contributed by atoms with Crippen LogP contribution >= 0.6 is 0 Å². The van der Waals surface area contributed by atoms with Gasteiger partial charge in [-0.25, -0.2) is 9.59 Å². The fourth-order valence-electron chi connectivity index (χ4n) is 1.84. The fourth-order valence-corrected chi connectivity index (χ4v) is 1.84. The summed E-state index contributed by atoms with van der Waals surface area (Å²) >= 11 is 0. The normalized spacial score (nSPS) is 11.5. The van der Waals surface area contributed by atoms with Crippen LogP contribution in [0.2, 0.25) is 0 Å². The van der Waals surface area contributed by atoms with Gasteiger partial charge < -0.3 is 15.5 Å².